The summed E-state index contributed by atoms with van der Waals surface area (Å²) in [5.41, 5.74) is 0.0236. The fourth-order valence-corrected chi connectivity index (χ4v) is 4.29. The topological polar surface area (TPSA) is 57.6 Å². The van der Waals surface area contributed by atoms with Gasteiger partial charge < -0.3 is 10.0 Å². The lowest BCUT2D eigenvalue weighted by atomic mass is 9.88. The number of ketones is 1. The molecule has 0 saturated heterocycles. The fourth-order valence-electron chi connectivity index (χ4n) is 3.65. The average Bonchev–Trinajstić information content (AvgIpc) is 2.91. The Kier molecular flexibility index (Phi) is 5.60. The Balaban J connectivity index is 1.68. The van der Waals surface area contributed by atoms with Crippen LogP contribution in [-0.4, -0.2) is 16.8 Å². The number of hydrogen-bond acceptors (Lipinski definition) is 3. The number of benzene rings is 3. The molecule has 4 nitrogen and oxygen atoms in total. The lowest BCUT2D eigenvalue weighted by molar-refractivity contribution is -0.136. The van der Waals surface area contributed by atoms with Crippen LogP contribution in [0.5, 0.6) is 0 Å². The van der Waals surface area contributed by atoms with Crippen LogP contribution in [0.25, 0.3) is 0 Å². The van der Waals surface area contributed by atoms with Crippen molar-refractivity contribution in [2.75, 3.05) is 4.90 Å². The zero-order chi connectivity index (χ0) is 21.5. The molecular formula is C23H16Cl3NO3. The van der Waals surface area contributed by atoms with Crippen molar-refractivity contribution in [3.63, 3.8) is 0 Å². The number of Topliss-reactive ketones (excluding diaryl/α,β-unsaturated/α-hetero) is 1. The molecular weight excluding hydrogens is 445 g/mol. The molecule has 1 N–H and O–H groups in total. The Labute approximate surface area is 188 Å². The molecule has 1 aliphatic heterocycles. The number of carbonyl (C=O) groups excluding carboxylic acids is 2. The van der Waals surface area contributed by atoms with Gasteiger partial charge in [0.25, 0.3) is 5.91 Å². The van der Waals surface area contributed by atoms with E-state index < -0.39 is 23.7 Å². The first-order valence-corrected chi connectivity index (χ1v) is 10.3. The molecule has 0 saturated carbocycles. The van der Waals surface area contributed by atoms with Crippen molar-refractivity contribution in [1.29, 1.82) is 0 Å². The van der Waals surface area contributed by atoms with Crippen LogP contribution in [0.2, 0.25) is 15.1 Å². The third-order valence-electron chi connectivity index (χ3n) is 5.14. The van der Waals surface area contributed by atoms with E-state index in [2.05, 4.69) is 0 Å². The molecule has 0 fully saturated rings. The molecule has 3 aromatic rings. The van der Waals surface area contributed by atoms with E-state index in [0.29, 0.717) is 21.3 Å². The molecule has 7 heteroatoms. The Morgan fingerprint density at radius 3 is 2.30 bits per heavy atom. The van der Waals surface area contributed by atoms with Crippen LogP contribution in [0.1, 0.15) is 27.9 Å². The van der Waals surface area contributed by atoms with E-state index in [-0.39, 0.29) is 17.1 Å². The second-order valence-electron chi connectivity index (χ2n) is 7.12. The van der Waals surface area contributed by atoms with Gasteiger partial charge in [0.1, 0.15) is 0 Å². The highest BCUT2D eigenvalue weighted by Crippen LogP contribution is 2.43. The number of nitrogens with zero attached hydrogens (tertiary/aromatic N) is 1. The summed E-state index contributed by atoms with van der Waals surface area (Å²) in [5.74, 6) is -1.01. The van der Waals surface area contributed by atoms with E-state index in [1.165, 1.54) is 17.0 Å². The molecule has 1 unspecified atom stereocenters. The molecule has 3 aromatic carbocycles. The van der Waals surface area contributed by atoms with Crippen LogP contribution in [0.3, 0.4) is 0 Å². The molecule has 1 heterocycles. The predicted molar refractivity (Wildman–Crippen MR) is 118 cm³/mol. The zero-order valence-electron chi connectivity index (χ0n) is 15.6. The highest BCUT2D eigenvalue weighted by atomic mass is 35.5. The smallest absolute Gasteiger partial charge is 0.264 e. The highest BCUT2D eigenvalue weighted by molar-refractivity contribution is 6.37. The summed E-state index contributed by atoms with van der Waals surface area (Å²) in [6, 6.07) is 18.5. The summed E-state index contributed by atoms with van der Waals surface area (Å²) >= 11 is 18.0. The van der Waals surface area contributed by atoms with Crippen molar-refractivity contribution in [3.8, 4) is 0 Å². The van der Waals surface area contributed by atoms with Crippen molar-refractivity contribution in [2.24, 2.45) is 0 Å². The van der Waals surface area contributed by atoms with Gasteiger partial charge in [0.05, 0.1) is 23.7 Å². The Morgan fingerprint density at radius 2 is 1.60 bits per heavy atom. The number of carbonyl (C=O) groups is 2. The third kappa shape index (κ3) is 3.72. The first kappa shape index (κ1) is 20.9. The molecule has 1 aliphatic rings. The van der Waals surface area contributed by atoms with Crippen LogP contribution in [0.15, 0.2) is 66.7 Å². The fraction of sp³-hybridized carbons (Fsp3) is 0.130. The summed E-state index contributed by atoms with van der Waals surface area (Å²) in [5, 5.41) is 12.5. The lowest BCUT2D eigenvalue weighted by Gasteiger charge is -2.23. The van der Waals surface area contributed by atoms with E-state index in [0.717, 1.165) is 5.56 Å². The maximum absolute atomic E-state index is 13.3. The van der Waals surface area contributed by atoms with Gasteiger partial charge >= 0.3 is 0 Å². The van der Waals surface area contributed by atoms with Crippen LogP contribution in [0, 0.1) is 0 Å². The minimum Gasteiger partial charge on any atom is -0.375 e. The normalized spacial score (nSPS) is 17.9. The largest absolute Gasteiger partial charge is 0.375 e. The monoisotopic (exact) mass is 459 g/mol. The SMILES string of the molecule is O=C(CC1(O)C(=O)N(Cc2ccc(Cl)cc2)c2ccccc21)c1ccc(Cl)cc1Cl. The molecule has 152 valence electrons. The first-order chi connectivity index (χ1) is 14.3. The molecule has 0 bridgehead atoms. The summed E-state index contributed by atoms with van der Waals surface area (Å²) < 4.78 is 0. The van der Waals surface area contributed by atoms with Gasteiger partial charge in [-0.2, -0.15) is 0 Å². The standard InChI is InChI=1S/C23H16Cl3NO3/c24-15-7-5-14(6-8-15)13-27-20-4-2-1-3-18(20)23(30,22(27)29)12-21(28)17-10-9-16(25)11-19(17)26/h1-11,30H,12-13H2. The molecule has 0 radical (unpaired) electrons. The van der Waals surface area contributed by atoms with Gasteiger partial charge in [0, 0.05) is 21.2 Å². The van der Waals surface area contributed by atoms with E-state index in [1.807, 2.05) is 12.1 Å². The van der Waals surface area contributed by atoms with E-state index in [9.17, 15) is 14.7 Å². The summed E-state index contributed by atoms with van der Waals surface area (Å²) in [6.07, 6.45) is -0.429. The van der Waals surface area contributed by atoms with Crippen molar-refractivity contribution in [3.05, 3.63) is 98.5 Å². The van der Waals surface area contributed by atoms with Crippen LogP contribution < -0.4 is 4.90 Å². The summed E-state index contributed by atoms with van der Waals surface area (Å²) in [4.78, 5) is 27.7. The van der Waals surface area contributed by atoms with Crippen molar-refractivity contribution >= 4 is 52.2 Å². The maximum atomic E-state index is 13.3. The number of hydrogen-bond donors (Lipinski definition) is 1. The molecule has 0 spiro atoms. The Bertz CT molecular complexity index is 1150. The van der Waals surface area contributed by atoms with Crippen LogP contribution in [-0.2, 0) is 16.9 Å². The first-order valence-electron chi connectivity index (χ1n) is 9.16. The lowest BCUT2D eigenvalue weighted by Crippen LogP contribution is -2.41. The molecule has 30 heavy (non-hydrogen) atoms. The zero-order valence-corrected chi connectivity index (χ0v) is 17.9. The Morgan fingerprint density at radius 1 is 0.933 bits per heavy atom. The number of aliphatic hydroxyl groups is 1. The van der Waals surface area contributed by atoms with E-state index in [1.54, 1.807) is 42.5 Å². The van der Waals surface area contributed by atoms with Gasteiger partial charge in [-0.05, 0) is 42.0 Å². The highest BCUT2D eigenvalue weighted by Gasteiger charge is 2.50. The molecule has 0 aliphatic carbocycles. The molecule has 1 amide bonds. The number of para-hydroxylation sites is 1. The minimum absolute atomic E-state index is 0.174. The maximum Gasteiger partial charge on any atom is 0.264 e. The summed E-state index contributed by atoms with van der Waals surface area (Å²) in [6.45, 7) is 0.241. The van der Waals surface area contributed by atoms with E-state index >= 15 is 0 Å². The van der Waals surface area contributed by atoms with Gasteiger partial charge in [0.2, 0.25) is 0 Å². The molecule has 0 aromatic heterocycles. The summed E-state index contributed by atoms with van der Waals surface area (Å²) in [7, 11) is 0. The van der Waals surface area contributed by atoms with Crippen LogP contribution >= 0.6 is 34.8 Å². The van der Waals surface area contributed by atoms with Crippen LogP contribution in [0.4, 0.5) is 5.69 Å². The number of amides is 1. The minimum atomic E-state index is -1.98. The second kappa shape index (κ2) is 8.05. The van der Waals surface area contributed by atoms with Gasteiger partial charge in [-0.1, -0.05) is 65.1 Å². The number of anilines is 1. The number of rotatable bonds is 5. The Hall–Kier alpha value is -2.37. The molecule has 1 atom stereocenters. The average molecular weight is 461 g/mol. The number of fused-ring (bicyclic) bond motifs is 1. The van der Waals surface area contributed by atoms with Gasteiger partial charge in [-0.15, -0.1) is 0 Å². The van der Waals surface area contributed by atoms with E-state index in [4.69, 9.17) is 34.8 Å². The van der Waals surface area contributed by atoms with Crippen molar-refractivity contribution in [2.45, 2.75) is 18.6 Å². The van der Waals surface area contributed by atoms with Gasteiger partial charge in [-0.25, -0.2) is 0 Å². The third-order valence-corrected chi connectivity index (χ3v) is 5.94. The second-order valence-corrected chi connectivity index (χ2v) is 8.40. The van der Waals surface area contributed by atoms with Crippen molar-refractivity contribution in [1.82, 2.24) is 0 Å². The molecule has 4 rings (SSSR count). The predicted octanol–water partition coefficient (Wildman–Crippen LogP) is 5.65. The van der Waals surface area contributed by atoms with Gasteiger partial charge in [0.15, 0.2) is 11.4 Å². The van der Waals surface area contributed by atoms with Gasteiger partial charge in [-0.3, -0.25) is 9.59 Å². The quantitative estimate of drug-likeness (QED) is 0.500. The number of halogens is 3. The van der Waals surface area contributed by atoms with Crippen molar-refractivity contribution < 1.29 is 14.7 Å².